The van der Waals surface area contributed by atoms with Crippen LogP contribution in [0.1, 0.15) is 20.8 Å². The molecule has 0 unspecified atom stereocenters. The quantitative estimate of drug-likeness (QED) is 0.265. The van der Waals surface area contributed by atoms with Gasteiger partial charge < -0.3 is 29.2 Å². The molecule has 0 atom stereocenters. The molecule has 0 spiro atoms. The van der Waals surface area contributed by atoms with Crippen LogP contribution in [0, 0.1) is 11.6 Å². The molecule has 1 amide bonds. The zero-order chi connectivity index (χ0) is 30.2. The van der Waals surface area contributed by atoms with Crippen LogP contribution in [0.5, 0.6) is 5.75 Å². The van der Waals surface area contributed by atoms with E-state index in [0.29, 0.717) is 38.9 Å². The Labute approximate surface area is 239 Å². The van der Waals surface area contributed by atoms with Crippen molar-refractivity contribution in [2.24, 2.45) is 0 Å². The van der Waals surface area contributed by atoms with Gasteiger partial charge in [0.1, 0.15) is 36.3 Å². The Kier molecular flexibility index (Phi) is 11.2. The van der Waals surface area contributed by atoms with Crippen molar-refractivity contribution < 1.29 is 36.9 Å². The number of benzene rings is 1. The number of alkyl carbamates (subject to hydrolysis) is 1. The summed E-state index contributed by atoms with van der Waals surface area (Å²) in [6, 6.07) is 2.91. The molecule has 1 aliphatic heterocycles. The minimum absolute atomic E-state index is 0.0213. The van der Waals surface area contributed by atoms with Gasteiger partial charge in [-0.2, -0.15) is 4.98 Å². The second-order valence-electron chi connectivity index (χ2n) is 11.9. The number of carbonyl (C=O) groups excluding carboxylic acids is 1. The smallest absolute Gasteiger partial charge is 0.407 e. The molecule has 0 radical (unpaired) electrons. The Morgan fingerprint density at radius 3 is 2.41 bits per heavy atom. The van der Waals surface area contributed by atoms with Gasteiger partial charge in [0.15, 0.2) is 5.82 Å². The van der Waals surface area contributed by atoms with Crippen LogP contribution in [0.25, 0.3) is 11.4 Å². The van der Waals surface area contributed by atoms with E-state index >= 15 is 8.78 Å². The van der Waals surface area contributed by atoms with Crippen LogP contribution in [0.15, 0.2) is 24.0 Å². The van der Waals surface area contributed by atoms with Crippen LogP contribution in [0.2, 0.25) is 25.7 Å². The highest BCUT2D eigenvalue weighted by atomic mass is 28.3. The maximum absolute atomic E-state index is 15.4. The largest absolute Gasteiger partial charge is 0.489 e. The summed E-state index contributed by atoms with van der Waals surface area (Å²) in [4.78, 5) is 18.2. The van der Waals surface area contributed by atoms with Crippen molar-refractivity contribution in [2.45, 2.75) is 58.8 Å². The van der Waals surface area contributed by atoms with Crippen molar-refractivity contribution in [3.8, 4) is 17.1 Å². The van der Waals surface area contributed by atoms with Gasteiger partial charge in [0.2, 0.25) is 5.95 Å². The third kappa shape index (κ3) is 10.3. The third-order valence-electron chi connectivity index (χ3n) is 5.84. The van der Waals surface area contributed by atoms with Gasteiger partial charge >= 0.3 is 6.09 Å². The van der Waals surface area contributed by atoms with Crippen molar-refractivity contribution in [3.63, 3.8) is 0 Å². The van der Waals surface area contributed by atoms with Crippen LogP contribution in [0.3, 0.4) is 0 Å². The van der Waals surface area contributed by atoms with Crippen molar-refractivity contribution in [1.29, 1.82) is 0 Å². The Morgan fingerprint density at radius 1 is 1.17 bits per heavy atom. The molecule has 41 heavy (non-hydrogen) atoms. The van der Waals surface area contributed by atoms with E-state index in [0.717, 1.165) is 18.2 Å². The van der Waals surface area contributed by atoms with Gasteiger partial charge in [-0.05, 0) is 26.8 Å². The number of carbonyl (C=O) groups is 1. The molecule has 14 heteroatoms. The molecular formula is C27H40F3N5O5Si. The number of hydrogen-bond donors (Lipinski definition) is 1. The number of amides is 1. The second-order valence-corrected chi connectivity index (χ2v) is 17.5. The zero-order valence-electron chi connectivity index (χ0n) is 24.6. The van der Waals surface area contributed by atoms with Crippen LogP contribution < -0.4 is 15.0 Å². The molecule has 1 N–H and O–H groups in total. The van der Waals surface area contributed by atoms with Crippen LogP contribution in [-0.4, -0.2) is 80.6 Å². The first-order chi connectivity index (χ1) is 19.3. The third-order valence-corrected chi connectivity index (χ3v) is 7.55. The molecule has 1 aromatic carbocycles. The molecule has 1 fully saturated rings. The number of hydrogen-bond acceptors (Lipinski definition) is 8. The number of ether oxygens (including phenoxy) is 4. The molecule has 1 aliphatic rings. The number of anilines is 1. The number of halogens is 3. The molecule has 0 saturated carbocycles. The summed E-state index contributed by atoms with van der Waals surface area (Å²) in [5, 5.41) is 6.89. The SMILES string of the molecule is CC(C)(C)OC(=O)NC/C(=C\F)COc1cc(F)c(-c2nc(N3CCOCC3)nn2COCC[Si](C)(C)C)c(F)c1. The molecular weight excluding hydrogens is 559 g/mol. The second kappa shape index (κ2) is 14.2. The van der Waals surface area contributed by atoms with Crippen molar-refractivity contribution in [2.75, 3.05) is 51.0 Å². The van der Waals surface area contributed by atoms with Crippen molar-refractivity contribution in [3.05, 3.63) is 35.7 Å². The van der Waals surface area contributed by atoms with E-state index in [9.17, 15) is 9.18 Å². The Balaban J connectivity index is 1.75. The van der Waals surface area contributed by atoms with Crippen LogP contribution >= 0.6 is 0 Å². The van der Waals surface area contributed by atoms with E-state index in [1.165, 1.54) is 4.68 Å². The summed E-state index contributed by atoms with van der Waals surface area (Å²) >= 11 is 0. The summed E-state index contributed by atoms with van der Waals surface area (Å²) in [5.41, 5.74) is -1.07. The highest BCUT2D eigenvalue weighted by Crippen LogP contribution is 2.30. The van der Waals surface area contributed by atoms with Gasteiger partial charge in [-0.15, -0.1) is 5.10 Å². The maximum Gasteiger partial charge on any atom is 0.407 e. The summed E-state index contributed by atoms with van der Waals surface area (Å²) < 4.78 is 67.2. The first-order valence-corrected chi connectivity index (χ1v) is 17.2. The summed E-state index contributed by atoms with van der Waals surface area (Å²) in [6.07, 6.45) is -0.473. The first-order valence-electron chi connectivity index (χ1n) is 13.5. The van der Waals surface area contributed by atoms with E-state index < -0.39 is 31.4 Å². The molecule has 228 valence electrons. The highest BCUT2D eigenvalue weighted by Gasteiger charge is 2.25. The minimum atomic E-state index is -1.34. The lowest BCUT2D eigenvalue weighted by Crippen LogP contribution is -2.37. The summed E-state index contributed by atoms with van der Waals surface area (Å²) in [6.45, 7) is 13.8. The van der Waals surface area contributed by atoms with E-state index in [4.69, 9.17) is 18.9 Å². The van der Waals surface area contributed by atoms with E-state index in [1.54, 1.807) is 20.8 Å². The molecule has 2 aromatic rings. The minimum Gasteiger partial charge on any atom is -0.489 e. The van der Waals surface area contributed by atoms with Gasteiger partial charge in [0.05, 0.1) is 25.1 Å². The van der Waals surface area contributed by atoms with Crippen LogP contribution in [0.4, 0.5) is 23.9 Å². The molecule has 0 aliphatic carbocycles. The predicted octanol–water partition coefficient (Wildman–Crippen LogP) is 5.13. The van der Waals surface area contributed by atoms with Crippen LogP contribution in [-0.2, 0) is 20.9 Å². The summed E-state index contributed by atoms with van der Waals surface area (Å²) in [5.74, 6) is -1.71. The van der Waals surface area contributed by atoms with Gasteiger partial charge in [-0.25, -0.2) is 22.6 Å². The fraction of sp³-hybridized carbons (Fsp3) is 0.593. The fourth-order valence-corrected chi connectivity index (χ4v) is 4.43. The van der Waals surface area contributed by atoms with E-state index in [-0.39, 0.29) is 48.9 Å². The van der Waals surface area contributed by atoms with Gasteiger partial charge in [0, 0.05) is 52.0 Å². The van der Waals surface area contributed by atoms with Crippen molar-refractivity contribution >= 4 is 20.1 Å². The Morgan fingerprint density at radius 2 is 1.83 bits per heavy atom. The lowest BCUT2D eigenvalue weighted by Gasteiger charge is -2.25. The average Bonchev–Trinajstić information content (AvgIpc) is 3.29. The monoisotopic (exact) mass is 599 g/mol. The van der Waals surface area contributed by atoms with Crippen molar-refractivity contribution in [1.82, 2.24) is 20.1 Å². The number of nitrogens with zero attached hydrogens (tertiary/aromatic N) is 4. The molecule has 3 rings (SSSR count). The maximum atomic E-state index is 15.4. The molecule has 10 nitrogen and oxygen atoms in total. The fourth-order valence-electron chi connectivity index (χ4n) is 3.68. The van der Waals surface area contributed by atoms with E-state index in [2.05, 4.69) is 35.0 Å². The number of nitrogens with one attached hydrogen (secondary N) is 1. The molecule has 1 aromatic heterocycles. The Hall–Kier alpha value is -3.10. The molecule has 2 heterocycles. The zero-order valence-corrected chi connectivity index (χ0v) is 25.6. The molecule has 0 bridgehead atoms. The molecule has 1 saturated heterocycles. The predicted molar refractivity (Wildman–Crippen MR) is 151 cm³/mol. The van der Waals surface area contributed by atoms with E-state index in [1.807, 2.05) is 4.90 Å². The van der Waals surface area contributed by atoms with Gasteiger partial charge in [-0.3, -0.25) is 0 Å². The Bertz CT molecular complexity index is 1180. The lowest BCUT2D eigenvalue weighted by atomic mass is 10.1. The number of rotatable bonds is 12. The first kappa shape index (κ1) is 32.4. The highest BCUT2D eigenvalue weighted by molar-refractivity contribution is 6.76. The number of aromatic nitrogens is 3. The van der Waals surface area contributed by atoms with Gasteiger partial charge in [0.25, 0.3) is 0 Å². The standard InChI is InChI=1S/C27H40F3N5O5Si/c1-27(2,3)40-26(36)31-16-19(15-28)17-39-20-13-21(29)23(22(30)14-20)24-32-25(34-7-9-37-10-8-34)33-35(24)18-38-11-12-41(4,5)6/h13-15H,7-12,16-18H2,1-6H3,(H,31,36)/b19-15+. The number of morpholine rings is 1. The lowest BCUT2D eigenvalue weighted by molar-refractivity contribution is 0.0531. The summed E-state index contributed by atoms with van der Waals surface area (Å²) in [7, 11) is -1.34. The average molecular weight is 600 g/mol. The normalized spacial score (nSPS) is 14.8. The topological polar surface area (TPSA) is 100.0 Å². The van der Waals surface area contributed by atoms with Gasteiger partial charge in [-0.1, -0.05) is 19.6 Å².